The van der Waals surface area contributed by atoms with Gasteiger partial charge >= 0.3 is 0 Å². The largest absolute Gasteiger partial charge is 0.491 e. The molecule has 0 spiro atoms. The maximum atomic E-state index is 10.1. The molecular weight excluding hydrogens is 348 g/mol. The zero-order valence-corrected chi connectivity index (χ0v) is 17.4. The number of hydrogen-bond donors (Lipinski definition) is 1. The van der Waals surface area contributed by atoms with Crippen molar-refractivity contribution in [3.8, 4) is 5.75 Å². The summed E-state index contributed by atoms with van der Waals surface area (Å²) in [5.74, 6) is 0.846. The molecule has 0 aliphatic heterocycles. The van der Waals surface area contributed by atoms with E-state index < -0.39 is 11.2 Å². The van der Waals surface area contributed by atoms with Gasteiger partial charge in [0.15, 0.2) is 0 Å². The van der Waals surface area contributed by atoms with Crippen LogP contribution >= 0.6 is 0 Å². The van der Waals surface area contributed by atoms with E-state index in [1.165, 1.54) is 0 Å². The summed E-state index contributed by atoms with van der Waals surface area (Å²) in [6.45, 7) is 12.7. The van der Waals surface area contributed by atoms with Gasteiger partial charge in [-0.2, -0.15) is 0 Å². The molecule has 27 heavy (non-hydrogen) atoms. The minimum atomic E-state index is -0.920. The van der Waals surface area contributed by atoms with E-state index in [-0.39, 0.29) is 6.10 Å². The predicted molar refractivity (Wildman–Crippen MR) is 105 cm³/mol. The standard InChI is InChI=1S/C21H36O6/c1-18(27-21(4,5)20(2,3)22)17-25-14-13-23-11-12-24-15-16-26-19-9-7-6-8-10-19/h6-10,18,22H,11-17H2,1-5H3. The molecule has 0 amide bonds. The second kappa shape index (κ2) is 12.3. The van der Waals surface area contributed by atoms with Crippen molar-refractivity contribution >= 4 is 0 Å². The van der Waals surface area contributed by atoms with Gasteiger partial charge in [-0.05, 0) is 46.8 Å². The summed E-state index contributed by atoms with van der Waals surface area (Å²) >= 11 is 0. The summed E-state index contributed by atoms with van der Waals surface area (Å²) in [5, 5.41) is 10.1. The Balaban J connectivity index is 1.91. The molecule has 6 nitrogen and oxygen atoms in total. The molecule has 1 N–H and O–H groups in total. The van der Waals surface area contributed by atoms with Crippen LogP contribution < -0.4 is 4.74 Å². The molecule has 0 saturated carbocycles. The molecule has 1 aromatic carbocycles. The fourth-order valence-electron chi connectivity index (χ4n) is 2.11. The highest BCUT2D eigenvalue weighted by atomic mass is 16.6. The van der Waals surface area contributed by atoms with Crippen molar-refractivity contribution in [2.24, 2.45) is 0 Å². The van der Waals surface area contributed by atoms with Crippen molar-refractivity contribution in [3.63, 3.8) is 0 Å². The van der Waals surface area contributed by atoms with Crippen molar-refractivity contribution in [1.29, 1.82) is 0 Å². The van der Waals surface area contributed by atoms with Crippen LogP contribution in [0.15, 0.2) is 30.3 Å². The number of rotatable bonds is 15. The Hall–Kier alpha value is -1.18. The van der Waals surface area contributed by atoms with Gasteiger partial charge in [0.2, 0.25) is 0 Å². The summed E-state index contributed by atoms with van der Waals surface area (Å²) in [6, 6.07) is 9.66. The maximum absolute atomic E-state index is 10.1. The van der Waals surface area contributed by atoms with Crippen LogP contribution in [0.5, 0.6) is 5.75 Å². The van der Waals surface area contributed by atoms with Gasteiger partial charge in [-0.1, -0.05) is 18.2 Å². The van der Waals surface area contributed by atoms with Crippen molar-refractivity contribution in [3.05, 3.63) is 30.3 Å². The summed E-state index contributed by atoms with van der Waals surface area (Å²) in [4.78, 5) is 0. The second-order valence-corrected chi connectivity index (χ2v) is 7.46. The first-order chi connectivity index (χ1) is 12.7. The molecule has 1 unspecified atom stereocenters. The molecule has 1 atom stereocenters. The number of ether oxygens (including phenoxy) is 5. The Morgan fingerprint density at radius 2 is 1.33 bits per heavy atom. The second-order valence-electron chi connectivity index (χ2n) is 7.46. The molecule has 0 heterocycles. The van der Waals surface area contributed by atoms with Crippen LogP contribution in [0.2, 0.25) is 0 Å². The molecular formula is C21H36O6. The van der Waals surface area contributed by atoms with Crippen LogP contribution in [0, 0.1) is 0 Å². The summed E-state index contributed by atoms with van der Waals surface area (Å²) in [6.07, 6.45) is -0.112. The summed E-state index contributed by atoms with van der Waals surface area (Å²) < 4.78 is 27.9. The molecule has 1 aromatic rings. The van der Waals surface area contributed by atoms with Gasteiger partial charge in [-0.15, -0.1) is 0 Å². The number of hydrogen-bond acceptors (Lipinski definition) is 6. The number of benzene rings is 1. The maximum Gasteiger partial charge on any atom is 0.119 e. The van der Waals surface area contributed by atoms with Crippen LogP contribution in [0.3, 0.4) is 0 Å². The fourth-order valence-corrected chi connectivity index (χ4v) is 2.11. The Morgan fingerprint density at radius 3 is 1.89 bits per heavy atom. The number of aliphatic hydroxyl groups is 1. The minimum Gasteiger partial charge on any atom is -0.491 e. The topological polar surface area (TPSA) is 66.4 Å². The Morgan fingerprint density at radius 1 is 0.815 bits per heavy atom. The van der Waals surface area contributed by atoms with Gasteiger partial charge in [-0.3, -0.25) is 0 Å². The first-order valence-corrected chi connectivity index (χ1v) is 9.53. The Labute approximate surface area is 163 Å². The third-order valence-corrected chi connectivity index (χ3v) is 4.31. The van der Waals surface area contributed by atoms with Gasteiger partial charge in [0, 0.05) is 0 Å². The Bertz CT molecular complexity index is 483. The minimum absolute atomic E-state index is 0.112. The van der Waals surface area contributed by atoms with E-state index in [1.54, 1.807) is 13.8 Å². The molecule has 0 radical (unpaired) electrons. The highest BCUT2D eigenvalue weighted by Crippen LogP contribution is 2.26. The SMILES string of the molecule is CC(COCCOCCOCCOc1ccccc1)OC(C)(C)C(C)(C)O. The summed E-state index contributed by atoms with van der Waals surface area (Å²) in [7, 11) is 0. The van der Waals surface area contributed by atoms with E-state index in [1.807, 2.05) is 51.1 Å². The fraction of sp³-hybridized carbons (Fsp3) is 0.714. The highest BCUT2D eigenvalue weighted by Gasteiger charge is 2.37. The lowest BCUT2D eigenvalue weighted by molar-refractivity contribution is -0.181. The lowest BCUT2D eigenvalue weighted by Gasteiger charge is -2.39. The third kappa shape index (κ3) is 10.7. The molecule has 0 bridgehead atoms. The van der Waals surface area contributed by atoms with Crippen LogP contribution in [0.4, 0.5) is 0 Å². The summed E-state index contributed by atoms with van der Waals surface area (Å²) in [5.41, 5.74) is -1.57. The molecule has 0 aliphatic carbocycles. The van der Waals surface area contributed by atoms with Gasteiger partial charge in [0.25, 0.3) is 0 Å². The monoisotopic (exact) mass is 384 g/mol. The van der Waals surface area contributed by atoms with Gasteiger partial charge in [0.05, 0.1) is 56.9 Å². The highest BCUT2D eigenvalue weighted by molar-refractivity contribution is 5.20. The van der Waals surface area contributed by atoms with Crippen LogP contribution in [-0.2, 0) is 18.9 Å². The van der Waals surface area contributed by atoms with Gasteiger partial charge < -0.3 is 28.8 Å². The van der Waals surface area contributed by atoms with Crippen molar-refractivity contribution in [2.75, 3.05) is 46.2 Å². The van der Waals surface area contributed by atoms with Crippen molar-refractivity contribution in [2.45, 2.75) is 51.9 Å². The van der Waals surface area contributed by atoms with Crippen molar-refractivity contribution < 1.29 is 28.8 Å². The van der Waals surface area contributed by atoms with E-state index in [0.29, 0.717) is 46.2 Å². The molecule has 0 aromatic heterocycles. The smallest absolute Gasteiger partial charge is 0.119 e. The average molecular weight is 385 g/mol. The molecule has 0 saturated heterocycles. The molecule has 156 valence electrons. The van der Waals surface area contributed by atoms with E-state index in [9.17, 15) is 5.11 Å². The first kappa shape index (κ1) is 23.9. The van der Waals surface area contributed by atoms with Crippen LogP contribution in [0.25, 0.3) is 0 Å². The lowest BCUT2D eigenvalue weighted by Crippen LogP contribution is -2.49. The zero-order chi connectivity index (χ0) is 20.2. The molecule has 0 fully saturated rings. The van der Waals surface area contributed by atoms with Crippen LogP contribution in [-0.4, -0.2) is 68.7 Å². The molecule has 0 aliphatic rings. The Kier molecular flexibility index (Phi) is 10.9. The molecule has 1 rings (SSSR count). The predicted octanol–water partition coefficient (Wildman–Crippen LogP) is 3.07. The van der Waals surface area contributed by atoms with E-state index in [2.05, 4.69) is 0 Å². The number of para-hydroxylation sites is 1. The van der Waals surface area contributed by atoms with Gasteiger partial charge in [0.1, 0.15) is 12.4 Å². The molecule has 6 heteroatoms. The van der Waals surface area contributed by atoms with E-state index in [4.69, 9.17) is 23.7 Å². The van der Waals surface area contributed by atoms with E-state index in [0.717, 1.165) is 5.75 Å². The average Bonchev–Trinajstić information content (AvgIpc) is 2.59. The third-order valence-electron chi connectivity index (χ3n) is 4.31. The quantitative estimate of drug-likeness (QED) is 0.469. The van der Waals surface area contributed by atoms with Crippen LogP contribution in [0.1, 0.15) is 34.6 Å². The lowest BCUT2D eigenvalue weighted by atomic mass is 9.89. The first-order valence-electron chi connectivity index (χ1n) is 9.53. The normalized spacial score (nSPS) is 13.6. The van der Waals surface area contributed by atoms with E-state index >= 15 is 0 Å². The van der Waals surface area contributed by atoms with Gasteiger partial charge in [-0.25, -0.2) is 0 Å². The zero-order valence-electron chi connectivity index (χ0n) is 17.4. The van der Waals surface area contributed by atoms with Crippen molar-refractivity contribution in [1.82, 2.24) is 0 Å².